The zero-order valence-electron chi connectivity index (χ0n) is 21.2. The van der Waals surface area contributed by atoms with Gasteiger partial charge in [0.25, 0.3) is 11.5 Å². The molecule has 1 aromatic heterocycles. The quantitative estimate of drug-likeness (QED) is 0.537. The van der Waals surface area contributed by atoms with Gasteiger partial charge in [0.05, 0.1) is 22.7 Å². The molecule has 0 radical (unpaired) electrons. The Kier molecular flexibility index (Phi) is 6.59. The second-order valence-corrected chi connectivity index (χ2v) is 10.6. The number of rotatable bonds is 6. The molecule has 3 aliphatic rings. The number of fused-ring (bicyclic) bond motifs is 1. The number of nitrogens with zero attached hydrogens (tertiary/aromatic N) is 3. The van der Waals surface area contributed by atoms with Gasteiger partial charge in [-0.15, -0.1) is 0 Å². The van der Waals surface area contributed by atoms with E-state index in [1.165, 1.54) is 6.07 Å². The highest BCUT2D eigenvalue weighted by Gasteiger charge is 2.34. The van der Waals surface area contributed by atoms with Crippen LogP contribution in [0.15, 0.2) is 41.2 Å². The highest BCUT2D eigenvalue weighted by atomic mass is 19.1. The molecule has 2 saturated carbocycles. The molecule has 0 spiro atoms. The Labute approximate surface area is 219 Å². The fraction of sp³-hybridized carbons (Fsp3) is 0.448. The van der Waals surface area contributed by atoms with Crippen LogP contribution < -0.4 is 10.3 Å². The number of carbonyl (C=O) groups is 2. The van der Waals surface area contributed by atoms with E-state index in [4.69, 9.17) is 4.74 Å². The first-order chi connectivity index (χ1) is 18.5. The van der Waals surface area contributed by atoms with Crippen molar-refractivity contribution >= 4 is 22.6 Å². The number of aromatic amines is 1. The molecular formula is C29H31FN4O4. The van der Waals surface area contributed by atoms with Gasteiger partial charge in [-0.3, -0.25) is 14.4 Å². The highest BCUT2D eigenvalue weighted by molar-refractivity contribution is 5.95. The summed E-state index contributed by atoms with van der Waals surface area (Å²) < 4.78 is 20.9. The van der Waals surface area contributed by atoms with Crippen LogP contribution in [-0.4, -0.2) is 64.1 Å². The summed E-state index contributed by atoms with van der Waals surface area (Å²) in [7, 11) is 0. The molecule has 3 fully saturated rings. The van der Waals surface area contributed by atoms with Gasteiger partial charge in [-0.05, 0) is 74.4 Å². The molecule has 2 amide bonds. The van der Waals surface area contributed by atoms with Gasteiger partial charge in [0, 0.05) is 43.9 Å². The molecule has 1 aliphatic heterocycles. The molecule has 0 unspecified atom stereocenters. The van der Waals surface area contributed by atoms with E-state index in [-0.39, 0.29) is 35.0 Å². The molecule has 2 aliphatic carbocycles. The second kappa shape index (κ2) is 10.2. The normalized spacial score (nSPS) is 18.2. The first-order valence-corrected chi connectivity index (χ1v) is 13.5. The maximum Gasteiger partial charge on any atom is 0.272 e. The van der Waals surface area contributed by atoms with Crippen molar-refractivity contribution < 1.29 is 18.7 Å². The standard InChI is InChI=1S/C29H31FN4O4/c30-25-10-5-18(15-24(25)29(37)34-12-2-11-33(13-14-34)28(36)19-6-7-19)16-26-23-17-21(38-20-3-1-4-20)8-9-22(23)27(35)32-31-26/h5,8-10,15,17,19-20H,1-4,6-7,11-14,16H2,(H,32,35). The highest BCUT2D eigenvalue weighted by Crippen LogP contribution is 2.31. The lowest BCUT2D eigenvalue weighted by Gasteiger charge is -2.26. The average Bonchev–Trinajstić information content (AvgIpc) is 3.76. The van der Waals surface area contributed by atoms with Crippen LogP contribution in [0.1, 0.15) is 60.1 Å². The van der Waals surface area contributed by atoms with Crippen molar-refractivity contribution in [1.29, 1.82) is 0 Å². The largest absolute Gasteiger partial charge is 0.490 e. The lowest BCUT2D eigenvalue weighted by atomic mass is 9.96. The van der Waals surface area contributed by atoms with Crippen molar-refractivity contribution in [2.24, 2.45) is 5.92 Å². The van der Waals surface area contributed by atoms with Crippen LogP contribution in [0, 0.1) is 11.7 Å². The van der Waals surface area contributed by atoms with Crippen molar-refractivity contribution in [3.8, 4) is 5.75 Å². The van der Waals surface area contributed by atoms with Gasteiger partial charge in [-0.2, -0.15) is 5.10 Å². The van der Waals surface area contributed by atoms with Crippen LogP contribution in [0.5, 0.6) is 5.75 Å². The number of hydrogen-bond donors (Lipinski definition) is 1. The van der Waals surface area contributed by atoms with E-state index < -0.39 is 5.82 Å². The molecule has 38 heavy (non-hydrogen) atoms. The Morgan fingerprint density at radius 1 is 0.947 bits per heavy atom. The van der Waals surface area contributed by atoms with E-state index >= 15 is 0 Å². The molecule has 8 nitrogen and oxygen atoms in total. The van der Waals surface area contributed by atoms with E-state index in [2.05, 4.69) is 10.2 Å². The lowest BCUT2D eigenvalue weighted by molar-refractivity contribution is -0.132. The number of carbonyl (C=O) groups excluding carboxylic acids is 2. The minimum atomic E-state index is -0.579. The van der Waals surface area contributed by atoms with Crippen molar-refractivity contribution in [2.75, 3.05) is 26.2 Å². The van der Waals surface area contributed by atoms with Crippen LogP contribution in [0.3, 0.4) is 0 Å². The third-order valence-corrected chi connectivity index (χ3v) is 7.85. The topological polar surface area (TPSA) is 95.6 Å². The van der Waals surface area contributed by atoms with E-state index in [9.17, 15) is 18.8 Å². The predicted octanol–water partition coefficient (Wildman–Crippen LogP) is 3.67. The molecule has 6 rings (SSSR count). The number of halogens is 1. The molecule has 9 heteroatoms. The Bertz CT molecular complexity index is 1450. The van der Waals surface area contributed by atoms with Crippen molar-refractivity contribution in [3.63, 3.8) is 0 Å². The van der Waals surface area contributed by atoms with Gasteiger partial charge in [0.1, 0.15) is 11.6 Å². The number of amides is 2. The number of hydrogen-bond acceptors (Lipinski definition) is 5. The van der Waals surface area contributed by atoms with Crippen LogP contribution in [0.2, 0.25) is 0 Å². The molecule has 0 atom stereocenters. The van der Waals surface area contributed by atoms with Crippen molar-refractivity contribution in [2.45, 2.75) is 51.0 Å². The van der Waals surface area contributed by atoms with E-state index in [0.717, 1.165) is 32.1 Å². The lowest BCUT2D eigenvalue weighted by Crippen LogP contribution is -2.38. The van der Waals surface area contributed by atoms with Gasteiger partial charge in [-0.25, -0.2) is 9.49 Å². The molecule has 2 heterocycles. The molecular weight excluding hydrogens is 487 g/mol. The van der Waals surface area contributed by atoms with Gasteiger partial charge >= 0.3 is 0 Å². The maximum absolute atomic E-state index is 14.9. The summed E-state index contributed by atoms with van der Waals surface area (Å²) in [6.45, 7) is 1.96. The Balaban J connectivity index is 1.22. The first-order valence-electron chi connectivity index (χ1n) is 13.5. The Hall–Kier alpha value is -3.75. The summed E-state index contributed by atoms with van der Waals surface area (Å²) in [6.07, 6.45) is 6.29. The molecule has 0 bridgehead atoms. The summed E-state index contributed by atoms with van der Waals surface area (Å²) in [6, 6.07) is 9.90. The number of ether oxygens (including phenoxy) is 1. The summed E-state index contributed by atoms with van der Waals surface area (Å²) in [5.74, 6) is 0.0605. The van der Waals surface area contributed by atoms with E-state index in [0.29, 0.717) is 66.8 Å². The number of aromatic nitrogens is 2. The van der Waals surface area contributed by atoms with Crippen LogP contribution in [0.25, 0.3) is 10.8 Å². The fourth-order valence-electron chi connectivity index (χ4n) is 5.23. The smallest absolute Gasteiger partial charge is 0.272 e. The SMILES string of the molecule is O=C(c1cc(Cc2n[nH]c(=O)c3ccc(OC4CCC4)cc23)ccc1F)N1CCCN(C(=O)C2CC2)CC1. The van der Waals surface area contributed by atoms with Crippen LogP contribution in [-0.2, 0) is 11.2 Å². The van der Waals surface area contributed by atoms with E-state index in [1.807, 2.05) is 11.0 Å². The second-order valence-electron chi connectivity index (χ2n) is 10.6. The van der Waals surface area contributed by atoms with E-state index in [1.54, 1.807) is 29.2 Å². The number of H-pyrrole nitrogens is 1. The Morgan fingerprint density at radius 2 is 1.74 bits per heavy atom. The van der Waals surface area contributed by atoms with Crippen molar-refractivity contribution in [3.05, 3.63) is 69.4 Å². The molecule has 3 aromatic rings. The zero-order chi connectivity index (χ0) is 26.2. The van der Waals surface area contributed by atoms with Crippen LogP contribution in [0.4, 0.5) is 4.39 Å². The molecule has 198 valence electrons. The van der Waals surface area contributed by atoms with Gasteiger partial charge in [0.15, 0.2) is 0 Å². The predicted molar refractivity (Wildman–Crippen MR) is 140 cm³/mol. The third-order valence-electron chi connectivity index (χ3n) is 7.85. The number of nitrogens with one attached hydrogen (secondary N) is 1. The maximum atomic E-state index is 14.9. The Morgan fingerprint density at radius 3 is 2.50 bits per heavy atom. The van der Waals surface area contributed by atoms with Crippen molar-refractivity contribution in [1.82, 2.24) is 20.0 Å². The number of benzene rings is 2. The summed E-state index contributed by atoms with van der Waals surface area (Å²) in [4.78, 5) is 41.7. The van der Waals surface area contributed by atoms with Gasteiger partial charge in [-0.1, -0.05) is 6.07 Å². The fourth-order valence-corrected chi connectivity index (χ4v) is 5.23. The van der Waals surface area contributed by atoms with Gasteiger partial charge in [0.2, 0.25) is 5.91 Å². The monoisotopic (exact) mass is 518 g/mol. The average molecular weight is 519 g/mol. The molecule has 1 N–H and O–H groups in total. The van der Waals surface area contributed by atoms with Crippen LogP contribution >= 0.6 is 0 Å². The summed E-state index contributed by atoms with van der Waals surface area (Å²) in [5.41, 5.74) is 1.05. The minimum absolute atomic E-state index is 0.00667. The van der Waals surface area contributed by atoms with Gasteiger partial charge < -0.3 is 14.5 Å². The minimum Gasteiger partial charge on any atom is -0.490 e. The first kappa shape index (κ1) is 24.6. The summed E-state index contributed by atoms with van der Waals surface area (Å²) >= 11 is 0. The zero-order valence-corrected chi connectivity index (χ0v) is 21.2. The molecule has 2 aromatic carbocycles. The molecule has 1 saturated heterocycles. The summed E-state index contributed by atoms with van der Waals surface area (Å²) in [5, 5.41) is 8.01. The third kappa shape index (κ3) is 5.01.